The molecule has 0 saturated carbocycles. The van der Waals surface area contributed by atoms with Crippen molar-refractivity contribution in [3.63, 3.8) is 0 Å². The summed E-state index contributed by atoms with van der Waals surface area (Å²) in [6.45, 7) is 5.90. The topological polar surface area (TPSA) is 55.4 Å². The lowest BCUT2D eigenvalue weighted by molar-refractivity contribution is 0.341. The molecule has 0 aliphatic rings. The van der Waals surface area contributed by atoms with Crippen LogP contribution in [0.5, 0.6) is 5.75 Å². The summed E-state index contributed by atoms with van der Waals surface area (Å²) >= 11 is 5.95. The molecule has 6 heteroatoms. The van der Waals surface area contributed by atoms with E-state index in [0.29, 0.717) is 23.1 Å². The van der Waals surface area contributed by atoms with Crippen LogP contribution in [-0.2, 0) is 9.84 Å². The van der Waals surface area contributed by atoms with E-state index in [4.69, 9.17) is 16.3 Å². The molecule has 1 aromatic carbocycles. The van der Waals surface area contributed by atoms with Crippen LogP contribution in [-0.4, -0.2) is 32.6 Å². The van der Waals surface area contributed by atoms with Gasteiger partial charge in [0, 0.05) is 16.8 Å². The van der Waals surface area contributed by atoms with E-state index in [0.717, 1.165) is 0 Å². The molecule has 0 aliphatic heterocycles. The van der Waals surface area contributed by atoms with Crippen LogP contribution in [0.25, 0.3) is 0 Å². The SMILES string of the molecule is CCOc1ccc(Cl)cc1NC(C)CS(=O)(=O)CC. The first-order valence-electron chi connectivity index (χ1n) is 6.27. The third-order valence-corrected chi connectivity index (χ3v) is 4.71. The second-order valence-electron chi connectivity index (χ2n) is 4.32. The van der Waals surface area contributed by atoms with Gasteiger partial charge >= 0.3 is 0 Å². The minimum atomic E-state index is -3.01. The van der Waals surface area contributed by atoms with Crippen LogP contribution >= 0.6 is 11.6 Å². The van der Waals surface area contributed by atoms with Gasteiger partial charge in [0.05, 0.1) is 18.0 Å². The van der Waals surface area contributed by atoms with Crippen molar-refractivity contribution in [3.05, 3.63) is 23.2 Å². The first kappa shape index (κ1) is 16.1. The van der Waals surface area contributed by atoms with Crippen LogP contribution in [0.2, 0.25) is 5.02 Å². The second kappa shape index (κ2) is 7.01. The monoisotopic (exact) mass is 305 g/mol. The largest absolute Gasteiger partial charge is 0.492 e. The average Bonchev–Trinajstić information content (AvgIpc) is 2.32. The number of hydrogen-bond acceptors (Lipinski definition) is 4. The van der Waals surface area contributed by atoms with Gasteiger partial charge in [0.25, 0.3) is 0 Å². The van der Waals surface area contributed by atoms with Crippen molar-refractivity contribution in [1.29, 1.82) is 0 Å². The van der Waals surface area contributed by atoms with Gasteiger partial charge in [0.15, 0.2) is 9.84 Å². The number of halogens is 1. The number of sulfone groups is 1. The summed E-state index contributed by atoms with van der Waals surface area (Å²) in [7, 11) is -3.01. The molecule has 0 aromatic heterocycles. The maximum absolute atomic E-state index is 11.6. The van der Waals surface area contributed by atoms with Crippen LogP contribution in [0.3, 0.4) is 0 Å². The summed E-state index contributed by atoms with van der Waals surface area (Å²) in [5, 5.41) is 3.72. The van der Waals surface area contributed by atoms with Gasteiger partial charge in [-0.3, -0.25) is 0 Å². The normalized spacial score (nSPS) is 13.1. The lowest BCUT2D eigenvalue weighted by Gasteiger charge is -2.18. The maximum Gasteiger partial charge on any atom is 0.152 e. The van der Waals surface area contributed by atoms with Gasteiger partial charge in [-0.25, -0.2) is 8.42 Å². The van der Waals surface area contributed by atoms with E-state index < -0.39 is 9.84 Å². The van der Waals surface area contributed by atoms with Crippen molar-refractivity contribution in [1.82, 2.24) is 0 Å². The maximum atomic E-state index is 11.6. The van der Waals surface area contributed by atoms with Crippen molar-refractivity contribution < 1.29 is 13.2 Å². The van der Waals surface area contributed by atoms with Crippen LogP contribution in [0.15, 0.2) is 18.2 Å². The molecular weight excluding hydrogens is 286 g/mol. The Bertz CT molecular complexity index is 517. The highest BCUT2D eigenvalue weighted by atomic mass is 35.5. The van der Waals surface area contributed by atoms with E-state index in [1.807, 2.05) is 13.8 Å². The van der Waals surface area contributed by atoms with E-state index in [1.54, 1.807) is 25.1 Å². The first-order chi connectivity index (χ1) is 8.88. The molecule has 108 valence electrons. The van der Waals surface area contributed by atoms with Crippen LogP contribution < -0.4 is 10.1 Å². The number of anilines is 1. The Hall–Kier alpha value is -0.940. The molecule has 0 amide bonds. The summed E-state index contributed by atoms with van der Waals surface area (Å²) < 4.78 is 28.6. The zero-order valence-electron chi connectivity index (χ0n) is 11.4. The lowest BCUT2D eigenvalue weighted by Crippen LogP contribution is -2.26. The quantitative estimate of drug-likeness (QED) is 0.841. The number of hydrogen-bond donors (Lipinski definition) is 1. The molecule has 1 atom stereocenters. The molecule has 1 N–H and O–H groups in total. The molecule has 0 aliphatic carbocycles. The van der Waals surface area contributed by atoms with E-state index in [9.17, 15) is 8.42 Å². The molecule has 1 aromatic rings. The van der Waals surface area contributed by atoms with E-state index in [1.165, 1.54) is 0 Å². The molecule has 0 fully saturated rings. The predicted molar refractivity (Wildman–Crippen MR) is 80.0 cm³/mol. The summed E-state index contributed by atoms with van der Waals surface area (Å²) in [5.74, 6) is 0.904. The molecular formula is C13H20ClNO3S. The Kier molecular flexibility index (Phi) is 5.94. The van der Waals surface area contributed by atoms with Gasteiger partial charge in [-0.2, -0.15) is 0 Å². The average molecular weight is 306 g/mol. The molecule has 1 rings (SSSR count). The highest BCUT2D eigenvalue weighted by Gasteiger charge is 2.15. The molecule has 19 heavy (non-hydrogen) atoms. The summed E-state index contributed by atoms with van der Waals surface area (Å²) in [6, 6.07) is 5.05. The Balaban J connectivity index is 2.83. The van der Waals surface area contributed by atoms with Crippen LogP contribution in [0.4, 0.5) is 5.69 Å². The van der Waals surface area contributed by atoms with Gasteiger partial charge < -0.3 is 10.1 Å². The Morgan fingerprint density at radius 2 is 2.05 bits per heavy atom. The van der Waals surface area contributed by atoms with Gasteiger partial charge in [0.2, 0.25) is 0 Å². The molecule has 0 heterocycles. The van der Waals surface area contributed by atoms with Gasteiger partial charge in [-0.1, -0.05) is 18.5 Å². The molecule has 0 bridgehead atoms. The van der Waals surface area contributed by atoms with Gasteiger partial charge in [-0.05, 0) is 32.0 Å². The number of benzene rings is 1. The fourth-order valence-corrected chi connectivity index (χ4v) is 2.96. The third kappa shape index (κ3) is 5.28. The van der Waals surface area contributed by atoms with Crippen molar-refractivity contribution in [2.75, 3.05) is 23.4 Å². The minimum absolute atomic E-state index is 0.0849. The van der Waals surface area contributed by atoms with Crippen LogP contribution in [0, 0.1) is 0 Å². The lowest BCUT2D eigenvalue weighted by atomic mass is 10.2. The van der Waals surface area contributed by atoms with E-state index in [-0.39, 0.29) is 17.5 Å². The standard InChI is InChI=1S/C13H20ClNO3S/c1-4-18-13-7-6-11(14)8-12(13)15-10(3)9-19(16,17)5-2/h6-8,10,15H,4-5,9H2,1-3H3. The van der Waals surface area contributed by atoms with Crippen molar-refractivity contribution in [3.8, 4) is 5.75 Å². The Morgan fingerprint density at radius 3 is 2.63 bits per heavy atom. The van der Waals surface area contributed by atoms with Gasteiger partial charge in [-0.15, -0.1) is 0 Å². The van der Waals surface area contributed by atoms with E-state index >= 15 is 0 Å². The van der Waals surface area contributed by atoms with Gasteiger partial charge in [0.1, 0.15) is 5.75 Å². The Morgan fingerprint density at radius 1 is 1.37 bits per heavy atom. The summed E-state index contributed by atoms with van der Waals surface area (Å²) in [6.07, 6.45) is 0. The summed E-state index contributed by atoms with van der Waals surface area (Å²) in [5.41, 5.74) is 0.716. The number of nitrogens with one attached hydrogen (secondary N) is 1. The predicted octanol–water partition coefficient (Wildman–Crippen LogP) is 2.97. The zero-order chi connectivity index (χ0) is 14.5. The first-order valence-corrected chi connectivity index (χ1v) is 8.47. The molecule has 0 spiro atoms. The zero-order valence-corrected chi connectivity index (χ0v) is 13.0. The van der Waals surface area contributed by atoms with E-state index in [2.05, 4.69) is 5.32 Å². The fraction of sp³-hybridized carbons (Fsp3) is 0.538. The van der Waals surface area contributed by atoms with Crippen molar-refractivity contribution in [2.24, 2.45) is 0 Å². The van der Waals surface area contributed by atoms with Crippen LogP contribution in [0.1, 0.15) is 20.8 Å². The summed E-state index contributed by atoms with van der Waals surface area (Å²) in [4.78, 5) is 0. The highest BCUT2D eigenvalue weighted by molar-refractivity contribution is 7.91. The number of rotatable bonds is 7. The molecule has 4 nitrogen and oxygen atoms in total. The molecule has 0 saturated heterocycles. The Labute approximate surface area is 120 Å². The van der Waals surface area contributed by atoms with Crippen molar-refractivity contribution in [2.45, 2.75) is 26.8 Å². The minimum Gasteiger partial charge on any atom is -0.492 e. The second-order valence-corrected chi connectivity index (χ2v) is 7.15. The smallest absolute Gasteiger partial charge is 0.152 e. The third-order valence-electron chi connectivity index (χ3n) is 2.59. The molecule has 0 radical (unpaired) electrons. The van der Waals surface area contributed by atoms with Crippen molar-refractivity contribution >= 4 is 27.1 Å². The highest BCUT2D eigenvalue weighted by Crippen LogP contribution is 2.28. The number of ether oxygens (including phenoxy) is 1. The fourth-order valence-electron chi connectivity index (χ4n) is 1.70. The molecule has 1 unspecified atom stereocenters.